The van der Waals surface area contributed by atoms with E-state index in [4.69, 9.17) is 17.2 Å². The number of carbonyl (C=O) groups excluding carboxylic acids is 6. The zero-order valence-electron chi connectivity index (χ0n) is 26.8. The van der Waals surface area contributed by atoms with Gasteiger partial charge < -0.3 is 59.0 Å². The van der Waals surface area contributed by atoms with Gasteiger partial charge >= 0.3 is 5.97 Å². The number of nitrogens with zero attached hydrogens (tertiary/aromatic N) is 1. The molecular weight excluding hydrogens is 620 g/mol. The summed E-state index contributed by atoms with van der Waals surface area (Å²) in [7, 11) is 0. The molecular formula is C28H48N10O9. The van der Waals surface area contributed by atoms with E-state index in [2.05, 4.69) is 36.6 Å². The van der Waals surface area contributed by atoms with E-state index in [0.717, 1.165) is 0 Å². The topological polar surface area (TPSA) is 327 Å². The molecule has 0 aliphatic heterocycles. The zero-order chi connectivity index (χ0) is 35.7. The van der Waals surface area contributed by atoms with Crippen molar-refractivity contribution in [3.05, 3.63) is 18.2 Å². The number of aromatic nitrogens is 2. The van der Waals surface area contributed by atoms with Gasteiger partial charge in [-0.1, -0.05) is 13.8 Å². The number of aliphatic carboxylic acids is 1. The fourth-order valence-electron chi connectivity index (χ4n) is 4.22. The normalized spacial score (nSPS) is 14.9. The Morgan fingerprint density at radius 3 is 1.91 bits per heavy atom. The Morgan fingerprint density at radius 1 is 0.830 bits per heavy atom. The van der Waals surface area contributed by atoms with E-state index in [0.29, 0.717) is 25.1 Å². The van der Waals surface area contributed by atoms with Crippen LogP contribution in [0.4, 0.5) is 0 Å². The van der Waals surface area contributed by atoms with Crippen LogP contribution in [-0.2, 0) is 40.0 Å². The maximum Gasteiger partial charge on any atom is 0.326 e. The Balaban J connectivity index is 3.21. The van der Waals surface area contributed by atoms with Gasteiger partial charge in [-0.25, -0.2) is 9.78 Å². The van der Waals surface area contributed by atoms with Gasteiger partial charge in [-0.3, -0.25) is 28.8 Å². The van der Waals surface area contributed by atoms with Crippen molar-refractivity contribution in [2.45, 2.75) is 95.5 Å². The summed E-state index contributed by atoms with van der Waals surface area (Å²) < 4.78 is 0. The third kappa shape index (κ3) is 14.6. The van der Waals surface area contributed by atoms with Gasteiger partial charge in [0.15, 0.2) is 0 Å². The van der Waals surface area contributed by atoms with Crippen LogP contribution in [0, 0.1) is 5.92 Å². The van der Waals surface area contributed by atoms with Gasteiger partial charge in [0, 0.05) is 19.0 Å². The number of aliphatic hydroxyl groups is 1. The van der Waals surface area contributed by atoms with Crippen LogP contribution in [0.3, 0.4) is 0 Å². The molecule has 0 aliphatic rings. The summed E-state index contributed by atoms with van der Waals surface area (Å²) in [6.45, 7) is 4.18. The summed E-state index contributed by atoms with van der Waals surface area (Å²) in [6, 6.07) is -7.67. The number of hydrogen-bond acceptors (Lipinski definition) is 11. The molecule has 1 aromatic heterocycles. The van der Waals surface area contributed by atoms with Crippen molar-refractivity contribution in [1.29, 1.82) is 0 Å². The van der Waals surface area contributed by atoms with Crippen LogP contribution in [0.1, 0.15) is 58.6 Å². The number of aliphatic hydroxyl groups excluding tert-OH is 1. The number of aromatic amines is 1. The van der Waals surface area contributed by atoms with Gasteiger partial charge in [0.2, 0.25) is 35.4 Å². The van der Waals surface area contributed by atoms with Gasteiger partial charge in [-0.15, -0.1) is 0 Å². The van der Waals surface area contributed by atoms with E-state index in [1.165, 1.54) is 19.4 Å². The lowest BCUT2D eigenvalue weighted by molar-refractivity contribution is -0.143. The molecule has 14 N–H and O–H groups in total. The lowest BCUT2D eigenvalue weighted by Gasteiger charge is -2.26. The van der Waals surface area contributed by atoms with Crippen molar-refractivity contribution in [3.8, 4) is 0 Å². The number of primary amides is 1. The molecule has 6 atom stereocenters. The first-order chi connectivity index (χ1) is 22.1. The standard InChI is InChI=1S/C28H48N10O9/c1-14(2)22(28(46)47)38-23(41)15(3)34-27(45)20(10-16-11-32-13-33-16)37-26(44)19(7-8-21(31)40)36-25(43)18(6-4-5-9-29)35-24(42)17(30)12-39/h11,13-15,17-20,22,39H,4-10,12,29-30H2,1-3H3,(H2,31,40)(H,32,33)(H,34,45)(H,35,42)(H,36,43)(H,37,44)(H,38,41)(H,46,47)/t15-,17-,18-,19-,20-,22-/m0/s1. The molecule has 6 amide bonds. The third-order valence-electron chi connectivity index (χ3n) is 7.01. The van der Waals surface area contributed by atoms with Gasteiger partial charge in [0.05, 0.1) is 18.6 Å². The number of hydrogen-bond donors (Lipinski definition) is 11. The molecule has 1 heterocycles. The number of rotatable bonds is 22. The molecule has 0 unspecified atom stereocenters. The molecule has 0 aliphatic carbocycles. The summed E-state index contributed by atoms with van der Waals surface area (Å²) in [5.74, 6) is -6.58. The molecule has 0 aromatic carbocycles. The number of carboxylic acid groups (broad SMARTS) is 1. The minimum absolute atomic E-state index is 0.112. The first-order valence-corrected chi connectivity index (χ1v) is 15.2. The van der Waals surface area contributed by atoms with Crippen LogP contribution in [0.5, 0.6) is 0 Å². The van der Waals surface area contributed by atoms with Gasteiger partial charge in [0.25, 0.3) is 0 Å². The first-order valence-electron chi connectivity index (χ1n) is 15.2. The quantitative estimate of drug-likeness (QED) is 0.0525. The average Bonchev–Trinajstić information content (AvgIpc) is 3.52. The summed E-state index contributed by atoms with van der Waals surface area (Å²) >= 11 is 0. The molecule has 1 aromatic rings. The number of imidazole rings is 1. The summed E-state index contributed by atoms with van der Waals surface area (Å²) in [5, 5.41) is 30.8. The van der Waals surface area contributed by atoms with E-state index >= 15 is 0 Å². The SMILES string of the molecule is CC(C)[C@H](NC(=O)[C@H](C)NC(=O)[C@H](Cc1c[nH]cn1)NC(=O)[C@H](CCC(N)=O)NC(=O)[C@H](CCCCN)NC(=O)[C@@H](N)CO)C(=O)O. The second-order valence-electron chi connectivity index (χ2n) is 11.3. The maximum atomic E-state index is 13.5. The highest BCUT2D eigenvalue weighted by Gasteiger charge is 2.32. The monoisotopic (exact) mass is 668 g/mol. The second-order valence-corrected chi connectivity index (χ2v) is 11.3. The van der Waals surface area contributed by atoms with Crippen molar-refractivity contribution in [2.24, 2.45) is 23.1 Å². The van der Waals surface area contributed by atoms with Crippen LogP contribution < -0.4 is 43.8 Å². The molecule has 0 saturated heterocycles. The first kappa shape index (κ1) is 40.4. The second kappa shape index (κ2) is 20.5. The molecule has 0 bridgehead atoms. The highest BCUT2D eigenvalue weighted by Crippen LogP contribution is 2.07. The number of H-pyrrole nitrogens is 1. The average molecular weight is 669 g/mol. The Labute approximate surface area is 271 Å². The van der Waals surface area contributed by atoms with Crippen molar-refractivity contribution < 1.29 is 43.8 Å². The van der Waals surface area contributed by atoms with Crippen molar-refractivity contribution in [1.82, 2.24) is 36.6 Å². The smallest absolute Gasteiger partial charge is 0.326 e. The van der Waals surface area contributed by atoms with Gasteiger partial charge in [0.1, 0.15) is 36.3 Å². The minimum Gasteiger partial charge on any atom is -0.480 e. The zero-order valence-corrected chi connectivity index (χ0v) is 26.8. The molecule has 19 heteroatoms. The number of nitrogens with one attached hydrogen (secondary N) is 6. The number of carbonyl (C=O) groups is 7. The van der Waals surface area contributed by atoms with Crippen LogP contribution in [0.2, 0.25) is 0 Å². The molecule has 1 rings (SSSR count). The van der Waals surface area contributed by atoms with Crippen LogP contribution >= 0.6 is 0 Å². The van der Waals surface area contributed by atoms with Gasteiger partial charge in [-0.2, -0.15) is 0 Å². The minimum atomic E-state index is -1.41. The van der Waals surface area contributed by atoms with Crippen LogP contribution in [0.25, 0.3) is 0 Å². The Morgan fingerprint density at radius 2 is 1.40 bits per heavy atom. The van der Waals surface area contributed by atoms with Crippen LogP contribution in [-0.4, -0.2) is 111 Å². The number of amides is 6. The molecule has 47 heavy (non-hydrogen) atoms. The fraction of sp³-hybridized carbons (Fsp3) is 0.643. The number of unbranched alkanes of at least 4 members (excludes halogenated alkanes) is 1. The van der Waals surface area contributed by atoms with E-state index in [1.807, 2.05) is 0 Å². The van der Waals surface area contributed by atoms with E-state index in [9.17, 15) is 43.8 Å². The highest BCUT2D eigenvalue weighted by molar-refractivity contribution is 5.96. The molecule has 264 valence electrons. The van der Waals surface area contributed by atoms with Crippen molar-refractivity contribution in [2.75, 3.05) is 13.2 Å². The lowest BCUT2D eigenvalue weighted by Crippen LogP contribution is -2.59. The summed E-state index contributed by atoms with van der Waals surface area (Å²) in [4.78, 5) is 95.0. The molecule has 0 fully saturated rings. The fourth-order valence-corrected chi connectivity index (χ4v) is 4.22. The Hall–Kier alpha value is -4.62. The molecule has 0 saturated carbocycles. The van der Waals surface area contributed by atoms with Crippen molar-refractivity contribution >= 4 is 41.4 Å². The summed E-state index contributed by atoms with van der Waals surface area (Å²) in [5.41, 5.74) is 16.7. The molecule has 0 spiro atoms. The number of carboxylic acids is 1. The molecule has 0 radical (unpaired) electrons. The summed E-state index contributed by atoms with van der Waals surface area (Å²) in [6.07, 6.45) is 3.11. The predicted octanol–water partition coefficient (Wildman–Crippen LogP) is -4.15. The molecule has 19 nitrogen and oxygen atoms in total. The van der Waals surface area contributed by atoms with Crippen molar-refractivity contribution in [3.63, 3.8) is 0 Å². The maximum absolute atomic E-state index is 13.5. The lowest BCUT2D eigenvalue weighted by atomic mass is 10.0. The number of nitrogens with two attached hydrogens (primary N) is 3. The highest BCUT2D eigenvalue weighted by atomic mass is 16.4. The van der Waals surface area contributed by atoms with E-state index in [-0.39, 0.29) is 25.7 Å². The Bertz CT molecular complexity index is 1210. The predicted molar refractivity (Wildman–Crippen MR) is 166 cm³/mol. The largest absolute Gasteiger partial charge is 0.480 e. The van der Waals surface area contributed by atoms with E-state index < -0.39 is 90.2 Å². The third-order valence-corrected chi connectivity index (χ3v) is 7.01. The van der Waals surface area contributed by atoms with Crippen LogP contribution in [0.15, 0.2) is 12.5 Å². The Kier molecular flexibility index (Phi) is 17.6. The van der Waals surface area contributed by atoms with Gasteiger partial charge in [-0.05, 0) is 45.1 Å². The van der Waals surface area contributed by atoms with E-state index in [1.54, 1.807) is 13.8 Å².